The Morgan fingerprint density at radius 3 is 3.06 bits per heavy atom. The monoisotopic (exact) mass is 240 g/mol. The summed E-state index contributed by atoms with van der Waals surface area (Å²) in [5.74, 6) is 0.719. The summed E-state index contributed by atoms with van der Waals surface area (Å²) < 4.78 is 0. The highest BCUT2D eigenvalue weighted by Crippen LogP contribution is 2.49. The first-order valence-electron chi connectivity index (χ1n) is 5.98. The predicted octanol–water partition coefficient (Wildman–Crippen LogP) is 2.33. The summed E-state index contributed by atoms with van der Waals surface area (Å²) >= 11 is 1.53. The Bertz CT molecular complexity index is 328. The van der Waals surface area contributed by atoms with Gasteiger partial charge in [0.2, 0.25) is 0 Å². The summed E-state index contributed by atoms with van der Waals surface area (Å²) in [7, 11) is 0. The molecule has 1 aromatic rings. The van der Waals surface area contributed by atoms with Crippen molar-refractivity contribution >= 4 is 11.3 Å². The molecule has 0 spiro atoms. The molecule has 0 saturated heterocycles. The van der Waals surface area contributed by atoms with Gasteiger partial charge in [-0.1, -0.05) is 13.3 Å². The van der Waals surface area contributed by atoms with Crippen molar-refractivity contribution in [2.45, 2.75) is 38.7 Å². The third-order valence-corrected chi connectivity index (χ3v) is 4.65. The highest BCUT2D eigenvalue weighted by atomic mass is 32.1. The largest absolute Gasteiger partial charge is 0.386 e. The zero-order valence-corrected chi connectivity index (χ0v) is 10.5. The Hall–Kier alpha value is -0.450. The third kappa shape index (κ3) is 2.01. The molecule has 1 heterocycles. The van der Waals surface area contributed by atoms with Crippen molar-refractivity contribution in [2.75, 3.05) is 6.54 Å². The standard InChI is InChI=1S/C12H20N2OS/c1-2-9-3-4-12(5-9,7-13)11(15)10-6-16-8-14-10/h6,8-9,11,15H,2-5,7,13H2,1H3. The van der Waals surface area contributed by atoms with Gasteiger partial charge in [0, 0.05) is 17.3 Å². The normalized spacial score (nSPS) is 31.8. The van der Waals surface area contributed by atoms with E-state index in [1.807, 2.05) is 5.38 Å². The Morgan fingerprint density at radius 1 is 1.75 bits per heavy atom. The van der Waals surface area contributed by atoms with Gasteiger partial charge >= 0.3 is 0 Å². The maximum atomic E-state index is 10.4. The van der Waals surface area contributed by atoms with E-state index in [9.17, 15) is 5.11 Å². The number of thiazole rings is 1. The highest BCUT2D eigenvalue weighted by molar-refractivity contribution is 7.07. The van der Waals surface area contributed by atoms with Crippen LogP contribution in [0.25, 0.3) is 0 Å². The van der Waals surface area contributed by atoms with E-state index < -0.39 is 6.10 Å². The Kier molecular flexibility index (Phi) is 3.62. The molecule has 3 atom stereocenters. The van der Waals surface area contributed by atoms with Gasteiger partial charge in [-0.3, -0.25) is 0 Å². The quantitative estimate of drug-likeness (QED) is 0.849. The van der Waals surface area contributed by atoms with Gasteiger partial charge in [-0.05, 0) is 25.2 Å². The lowest BCUT2D eigenvalue weighted by Crippen LogP contribution is -2.34. The Labute approximate surface area is 101 Å². The van der Waals surface area contributed by atoms with E-state index in [0.717, 1.165) is 24.5 Å². The summed E-state index contributed by atoms with van der Waals surface area (Å²) in [4.78, 5) is 4.22. The SMILES string of the molecule is CCC1CCC(CN)(C(O)c2cscn2)C1. The Balaban J connectivity index is 2.16. The number of aliphatic hydroxyl groups is 1. The van der Waals surface area contributed by atoms with Gasteiger partial charge < -0.3 is 10.8 Å². The zero-order chi connectivity index (χ0) is 11.6. The van der Waals surface area contributed by atoms with E-state index in [-0.39, 0.29) is 5.41 Å². The minimum Gasteiger partial charge on any atom is -0.386 e. The number of nitrogens with zero attached hydrogens (tertiary/aromatic N) is 1. The van der Waals surface area contributed by atoms with Crippen molar-refractivity contribution in [3.63, 3.8) is 0 Å². The summed E-state index contributed by atoms with van der Waals surface area (Å²) in [5.41, 5.74) is 8.35. The first-order valence-corrected chi connectivity index (χ1v) is 6.92. The molecule has 3 N–H and O–H groups in total. The number of nitrogens with two attached hydrogens (primary N) is 1. The molecule has 1 aromatic heterocycles. The van der Waals surface area contributed by atoms with Crippen LogP contribution in [0.5, 0.6) is 0 Å². The number of hydrogen-bond acceptors (Lipinski definition) is 4. The van der Waals surface area contributed by atoms with Crippen molar-refractivity contribution in [2.24, 2.45) is 17.1 Å². The van der Waals surface area contributed by atoms with Crippen molar-refractivity contribution in [1.82, 2.24) is 4.98 Å². The topological polar surface area (TPSA) is 59.1 Å². The molecule has 1 saturated carbocycles. The second kappa shape index (κ2) is 4.82. The molecule has 0 aliphatic heterocycles. The lowest BCUT2D eigenvalue weighted by molar-refractivity contribution is 0.0273. The maximum Gasteiger partial charge on any atom is 0.104 e. The van der Waals surface area contributed by atoms with Gasteiger partial charge in [0.1, 0.15) is 6.10 Å². The van der Waals surface area contributed by atoms with Crippen LogP contribution in [0, 0.1) is 11.3 Å². The first kappa shape index (κ1) is 12.0. The summed E-state index contributed by atoms with van der Waals surface area (Å²) in [6.07, 6.45) is 3.96. The van der Waals surface area contributed by atoms with Crippen molar-refractivity contribution < 1.29 is 5.11 Å². The molecule has 16 heavy (non-hydrogen) atoms. The molecule has 2 rings (SSSR count). The van der Waals surface area contributed by atoms with Crippen molar-refractivity contribution in [3.05, 3.63) is 16.6 Å². The molecule has 0 aromatic carbocycles. The molecular formula is C12H20N2OS. The number of aromatic nitrogens is 1. The molecular weight excluding hydrogens is 220 g/mol. The fourth-order valence-corrected chi connectivity index (χ4v) is 3.41. The molecule has 4 heteroatoms. The fourth-order valence-electron chi connectivity index (χ4n) is 2.84. The lowest BCUT2D eigenvalue weighted by Gasteiger charge is -2.32. The van der Waals surface area contributed by atoms with Crippen LogP contribution >= 0.6 is 11.3 Å². The minimum absolute atomic E-state index is 0.130. The van der Waals surface area contributed by atoms with Crippen LogP contribution in [0.15, 0.2) is 10.9 Å². The molecule has 3 unspecified atom stereocenters. The van der Waals surface area contributed by atoms with Crippen LogP contribution in [0.1, 0.15) is 44.4 Å². The summed E-state index contributed by atoms with van der Waals surface area (Å²) in [5, 5.41) is 12.4. The number of rotatable bonds is 4. The van der Waals surface area contributed by atoms with E-state index in [2.05, 4.69) is 11.9 Å². The Morgan fingerprint density at radius 2 is 2.56 bits per heavy atom. The van der Waals surface area contributed by atoms with Crippen LogP contribution in [0.4, 0.5) is 0 Å². The van der Waals surface area contributed by atoms with Gasteiger partial charge in [0.05, 0.1) is 11.2 Å². The van der Waals surface area contributed by atoms with Gasteiger partial charge in [-0.2, -0.15) is 0 Å². The van der Waals surface area contributed by atoms with E-state index >= 15 is 0 Å². The van der Waals surface area contributed by atoms with Gasteiger partial charge in [0.25, 0.3) is 0 Å². The molecule has 0 bridgehead atoms. The average Bonchev–Trinajstić information content (AvgIpc) is 2.98. The molecule has 1 fully saturated rings. The van der Waals surface area contributed by atoms with Gasteiger partial charge in [0.15, 0.2) is 0 Å². The van der Waals surface area contributed by atoms with Crippen LogP contribution in [0.2, 0.25) is 0 Å². The van der Waals surface area contributed by atoms with Crippen LogP contribution in [-0.2, 0) is 0 Å². The summed E-state index contributed by atoms with van der Waals surface area (Å²) in [6, 6.07) is 0. The lowest BCUT2D eigenvalue weighted by atomic mass is 9.78. The van der Waals surface area contributed by atoms with Crippen LogP contribution in [-0.4, -0.2) is 16.6 Å². The highest BCUT2D eigenvalue weighted by Gasteiger charge is 2.44. The van der Waals surface area contributed by atoms with Crippen LogP contribution in [0.3, 0.4) is 0 Å². The number of aliphatic hydroxyl groups excluding tert-OH is 1. The van der Waals surface area contributed by atoms with Gasteiger partial charge in [-0.15, -0.1) is 11.3 Å². The fraction of sp³-hybridized carbons (Fsp3) is 0.750. The summed E-state index contributed by atoms with van der Waals surface area (Å²) in [6.45, 7) is 2.77. The first-order chi connectivity index (χ1) is 7.72. The minimum atomic E-state index is -0.486. The van der Waals surface area contributed by atoms with E-state index in [4.69, 9.17) is 5.73 Å². The molecule has 3 nitrogen and oxygen atoms in total. The average molecular weight is 240 g/mol. The van der Waals surface area contributed by atoms with Crippen molar-refractivity contribution in [3.8, 4) is 0 Å². The second-order valence-corrected chi connectivity index (χ2v) is 5.62. The van der Waals surface area contributed by atoms with Crippen LogP contribution < -0.4 is 5.73 Å². The molecule has 1 aliphatic carbocycles. The molecule has 0 radical (unpaired) electrons. The van der Waals surface area contributed by atoms with Crippen molar-refractivity contribution in [1.29, 1.82) is 0 Å². The van der Waals surface area contributed by atoms with E-state index in [1.54, 1.807) is 5.51 Å². The smallest absolute Gasteiger partial charge is 0.104 e. The maximum absolute atomic E-state index is 10.4. The van der Waals surface area contributed by atoms with E-state index in [0.29, 0.717) is 6.54 Å². The number of hydrogen-bond donors (Lipinski definition) is 2. The van der Waals surface area contributed by atoms with Gasteiger partial charge in [-0.25, -0.2) is 4.98 Å². The molecule has 90 valence electrons. The molecule has 1 aliphatic rings. The van der Waals surface area contributed by atoms with E-state index in [1.165, 1.54) is 24.2 Å². The third-order valence-electron chi connectivity index (χ3n) is 4.04. The second-order valence-electron chi connectivity index (χ2n) is 4.90. The molecule has 0 amide bonds. The zero-order valence-electron chi connectivity index (χ0n) is 9.72. The predicted molar refractivity (Wildman–Crippen MR) is 66.2 cm³/mol.